The number of phenols is 1. The summed E-state index contributed by atoms with van der Waals surface area (Å²) in [6.45, 7) is 1.28. The van der Waals surface area contributed by atoms with Crippen LogP contribution >= 0.6 is 0 Å². The number of nitrogens with one attached hydrogen (secondary N) is 1. The van der Waals surface area contributed by atoms with Gasteiger partial charge in [0.05, 0.1) is 10.6 Å². The predicted octanol–water partition coefficient (Wildman–Crippen LogP) is 2.22. The van der Waals surface area contributed by atoms with Gasteiger partial charge in [-0.3, -0.25) is 14.9 Å². The van der Waals surface area contributed by atoms with E-state index in [2.05, 4.69) is 10.5 Å². The Balaban J connectivity index is 1.93. The number of nitrogens with zero attached hydrogens (tertiary/aromatic N) is 2. The quantitative estimate of drug-likeness (QED) is 0.479. The fraction of sp³-hybridized carbons (Fsp3) is 0.125. The number of aromatic hydroxyl groups is 1. The molecule has 0 aliphatic heterocycles. The summed E-state index contributed by atoms with van der Waals surface area (Å²) in [6, 6.07) is 12.1. The zero-order chi connectivity index (χ0) is 17.5. The van der Waals surface area contributed by atoms with Gasteiger partial charge in [0.2, 0.25) is 0 Å². The molecular weight excluding hydrogens is 314 g/mol. The van der Waals surface area contributed by atoms with E-state index in [0.717, 1.165) is 5.56 Å². The molecule has 2 aromatic carbocycles. The molecule has 0 bridgehead atoms. The first kappa shape index (κ1) is 16.9. The number of phenolic OH excluding ortho intramolecular Hbond substituents is 1. The molecule has 2 aromatic rings. The molecule has 0 atom stereocenters. The number of hydrogen-bond acceptors (Lipinski definition) is 6. The van der Waals surface area contributed by atoms with Crippen LogP contribution in [0.5, 0.6) is 11.5 Å². The minimum atomic E-state index is -0.583. The Morgan fingerprint density at radius 3 is 2.58 bits per heavy atom. The van der Waals surface area contributed by atoms with Gasteiger partial charge in [0.15, 0.2) is 12.4 Å². The Bertz CT molecular complexity index is 772. The molecule has 24 heavy (non-hydrogen) atoms. The van der Waals surface area contributed by atoms with Crippen LogP contribution in [-0.4, -0.2) is 28.3 Å². The van der Waals surface area contributed by atoms with E-state index in [4.69, 9.17) is 4.74 Å². The van der Waals surface area contributed by atoms with Crippen LogP contribution in [0.4, 0.5) is 5.69 Å². The van der Waals surface area contributed by atoms with Gasteiger partial charge in [0.1, 0.15) is 5.75 Å². The van der Waals surface area contributed by atoms with Gasteiger partial charge in [-0.1, -0.05) is 12.1 Å². The summed E-state index contributed by atoms with van der Waals surface area (Å²) >= 11 is 0. The van der Waals surface area contributed by atoms with Crippen molar-refractivity contribution in [1.29, 1.82) is 0 Å². The highest BCUT2D eigenvalue weighted by atomic mass is 16.6. The minimum absolute atomic E-state index is 0.0110. The van der Waals surface area contributed by atoms with Crippen LogP contribution in [0, 0.1) is 10.1 Å². The van der Waals surface area contributed by atoms with Gasteiger partial charge >= 0.3 is 5.69 Å². The lowest BCUT2D eigenvalue weighted by atomic mass is 10.1. The van der Waals surface area contributed by atoms with Crippen molar-refractivity contribution in [3.63, 3.8) is 0 Å². The Labute approximate surface area is 137 Å². The maximum Gasteiger partial charge on any atom is 0.310 e. The third-order valence-corrected chi connectivity index (χ3v) is 3.05. The van der Waals surface area contributed by atoms with Gasteiger partial charge in [-0.2, -0.15) is 5.10 Å². The molecule has 0 saturated heterocycles. The van der Waals surface area contributed by atoms with E-state index in [1.54, 1.807) is 25.1 Å². The van der Waals surface area contributed by atoms with Gasteiger partial charge in [0.25, 0.3) is 5.91 Å². The Hall–Kier alpha value is -3.42. The van der Waals surface area contributed by atoms with Crippen molar-refractivity contribution >= 4 is 17.3 Å². The maximum absolute atomic E-state index is 11.7. The molecule has 124 valence electrons. The average molecular weight is 329 g/mol. The first-order chi connectivity index (χ1) is 11.5. The molecule has 0 saturated carbocycles. The number of nitro benzene ring substituents is 1. The van der Waals surface area contributed by atoms with E-state index >= 15 is 0 Å². The topological polar surface area (TPSA) is 114 Å². The van der Waals surface area contributed by atoms with Gasteiger partial charge in [0, 0.05) is 6.07 Å². The van der Waals surface area contributed by atoms with Crippen molar-refractivity contribution < 1.29 is 19.6 Å². The van der Waals surface area contributed by atoms with Gasteiger partial charge in [-0.05, 0) is 42.8 Å². The molecule has 0 heterocycles. The number of amides is 1. The number of hydrogen-bond donors (Lipinski definition) is 2. The largest absolute Gasteiger partial charge is 0.508 e. The summed E-state index contributed by atoms with van der Waals surface area (Å²) < 4.78 is 5.16. The Kier molecular flexibility index (Phi) is 5.45. The first-order valence-corrected chi connectivity index (χ1v) is 6.96. The Morgan fingerprint density at radius 1 is 1.25 bits per heavy atom. The fourth-order valence-electron chi connectivity index (χ4n) is 1.82. The molecule has 0 spiro atoms. The summed E-state index contributed by atoms with van der Waals surface area (Å²) in [4.78, 5) is 22.0. The van der Waals surface area contributed by atoms with E-state index in [-0.39, 0.29) is 17.2 Å². The number of carbonyl (C=O) groups is 1. The van der Waals surface area contributed by atoms with E-state index in [1.165, 1.54) is 30.3 Å². The summed E-state index contributed by atoms with van der Waals surface area (Å²) in [5.41, 5.74) is 3.36. The van der Waals surface area contributed by atoms with Crippen molar-refractivity contribution in [3.8, 4) is 11.5 Å². The number of nitro groups is 1. The van der Waals surface area contributed by atoms with Gasteiger partial charge in [-0.15, -0.1) is 0 Å². The number of benzene rings is 2. The van der Waals surface area contributed by atoms with E-state index in [0.29, 0.717) is 5.71 Å². The SMILES string of the molecule is CC(=NNC(=O)COc1ccccc1[N+](=O)[O-])c1ccc(O)cc1. The van der Waals surface area contributed by atoms with E-state index in [9.17, 15) is 20.0 Å². The lowest BCUT2D eigenvalue weighted by Crippen LogP contribution is -2.25. The van der Waals surface area contributed by atoms with Crippen molar-refractivity contribution in [2.45, 2.75) is 6.92 Å². The molecule has 0 radical (unpaired) electrons. The van der Waals surface area contributed by atoms with Crippen LogP contribution in [0.2, 0.25) is 0 Å². The third-order valence-electron chi connectivity index (χ3n) is 3.05. The Morgan fingerprint density at radius 2 is 1.92 bits per heavy atom. The third kappa shape index (κ3) is 4.54. The molecule has 2 rings (SSSR count). The molecule has 8 nitrogen and oxygen atoms in total. The molecule has 1 amide bonds. The van der Waals surface area contributed by atoms with Crippen LogP contribution in [-0.2, 0) is 4.79 Å². The lowest BCUT2D eigenvalue weighted by Gasteiger charge is -2.06. The number of carbonyl (C=O) groups excluding carboxylic acids is 1. The summed E-state index contributed by atoms with van der Waals surface area (Å²) in [6.07, 6.45) is 0. The van der Waals surface area contributed by atoms with Crippen LogP contribution in [0.3, 0.4) is 0 Å². The molecule has 0 fully saturated rings. The molecule has 2 N–H and O–H groups in total. The fourth-order valence-corrected chi connectivity index (χ4v) is 1.82. The molecule has 0 aliphatic carbocycles. The highest BCUT2D eigenvalue weighted by Crippen LogP contribution is 2.25. The summed E-state index contributed by atoms with van der Waals surface area (Å²) in [5, 5.41) is 24.0. The zero-order valence-electron chi connectivity index (χ0n) is 12.8. The molecule has 0 aliphatic rings. The molecular formula is C16H15N3O5. The molecule has 0 unspecified atom stereocenters. The van der Waals surface area contributed by atoms with Crippen molar-refractivity contribution in [3.05, 3.63) is 64.2 Å². The smallest absolute Gasteiger partial charge is 0.310 e. The van der Waals surface area contributed by atoms with Gasteiger partial charge < -0.3 is 9.84 Å². The van der Waals surface area contributed by atoms with E-state index in [1.807, 2.05) is 0 Å². The number of para-hydroxylation sites is 2. The first-order valence-electron chi connectivity index (χ1n) is 6.96. The van der Waals surface area contributed by atoms with Crippen molar-refractivity contribution in [2.75, 3.05) is 6.61 Å². The van der Waals surface area contributed by atoms with Crippen molar-refractivity contribution in [2.24, 2.45) is 5.10 Å². The minimum Gasteiger partial charge on any atom is -0.508 e. The lowest BCUT2D eigenvalue weighted by molar-refractivity contribution is -0.385. The van der Waals surface area contributed by atoms with E-state index < -0.39 is 17.4 Å². The number of hydrazone groups is 1. The second-order valence-electron chi connectivity index (χ2n) is 4.79. The summed E-state index contributed by atoms with van der Waals surface area (Å²) in [5.74, 6) is -0.406. The van der Waals surface area contributed by atoms with Crippen molar-refractivity contribution in [1.82, 2.24) is 5.43 Å². The molecule has 8 heteroatoms. The highest BCUT2D eigenvalue weighted by Gasteiger charge is 2.14. The normalized spacial score (nSPS) is 11.0. The monoisotopic (exact) mass is 329 g/mol. The zero-order valence-corrected chi connectivity index (χ0v) is 12.8. The van der Waals surface area contributed by atoms with Crippen LogP contribution in [0.1, 0.15) is 12.5 Å². The summed E-state index contributed by atoms with van der Waals surface area (Å²) in [7, 11) is 0. The number of rotatable bonds is 6. The van der Waals surface area contributed by atoms with Gasteiger partial charge in [-0.25, -0.2) is 5.43 Å². The van der Waals surface area contributed by atoms with Crippen LogP contribution in [0.25, 0.3) is 0 Å². The maximum atomic E-state index is 11.7. The predicted molar refractivity (Wildman–Crippen MR) is 87.1 cm³/mol. The van der Waals surface area contributed by atoms with Crippen LogP contribution < -0.4 is 10.2 Å². The average Bonchev–Trinajstić information content (AvgIpc) is 2.58. The highest BCUT2D eigenvalue weighted by molar-refractivity contribution is 5.99. The second-order valence-corrected chi connectivity index (χ2v) is 4.79. The molecule has 0 aromatic heterocycles. The second kappa shape index (κ2) is 7.73. The number of ether oxygens (including phenoxy) is 1. The van der Waals surface area contributed by atoms with Crippen LogP contribution in [0.15, 0.2) is 53.6 Å². The standard InChI is InChI=1S/C16H15N3O5/c1-11(12-6-8-13(20)9-7-12)17-18-16(21)10-24-15-5-3-2-4-14(15)19(22)23/h2-9,20H,10H2,1H3,(H,18,21).